The van der Waals surface area contributed by atoms with Gasteiger partial charge in [0.25, 0.3) is 0 Å². The number of nitrogens with zero attached hydrogens (tertiary/aromatic N) is 3. The molecule has 3 aromatic rings. The van der Waals surface area contributed by atoms with Crippen LogP contribution in [-0.4, -0.2) is 4.98 Å². The minimum atomic E-state index is 0.152. The smallest absolute Gasteiger partial charge is 0.0991 e. The number of aromatic nitrogens is 1. The molecule has 3 heteroatoms. The SMILES string of the molecule is N#Cc1ccc(CC(c2ccc(C#N)cc2)c2cccnc2)cc1. The van der Waals surface area contributed by atoms with E-state index in [1.807, 2.05) is 60.8 Å². The van der Waals surface area contributed by atoms with Gasteiger partial charge in [0.2, 0.25) is 0 Å². The predicted octanol–water partition coefficient (Wildman–Crippen LogP) is 4.20. The fraction of sp³-hybridized carbons (Fsp3) is 0.0952. The third-order valence-corrected chi connectivity index (χ3v) is 4.05. The lowest BCUT2D eigenvalue weighted by Crippen LogP contribution is -2.05. The molecule has 0 saturated carbocycles. The molecule has 2 aromatic carbocycles. The van der Waals surface area contributed by atoms with E-state index in [-0.39, 0.29) is 5.92 Å². The maximum Gasteiger partial charge on any atom is 0.0991 e. The lowest BCUT2D eigenvalue weighted by atomic mass is 9.86. The summed E-state index contributed by atoms with van der Waals surface area (Å²) in [6.45, 7) is 0. The highest BCUT2D eigenvalue weighted by Gasteiger charge is 2.15. The molecular formula is C21H15N3. The molecule has 0 spiro atoms. The topological polar surface area (TPSA) is 60.5 Å². The summed E-state index contributed by atoms with van der Waals surface area (Å²) in [7, 11) is 0. The number of rotatable bonds is 4. The van der Waals surface area contributed by atoms with Gasteiger partial charge < -0.3 is 0 Å². The standard InChI is InChI=1S/C21H15N3/c22-13-17-5-3-16(4-6-17)12-21(20-2-1-11-24-15-20)19-9-7-18(14-23)8-10-19/h1-11,15,21H,12H2. The summed E-state index contributed by atoms with van der Waals surface area (Å²) in [6, 6.07) is 23.7. The van der Waals surface area contributed by atoms with E-state index in [4.69, 9.17) is 10.5 Å². The molecule has 114 valence electrons. The Hall–Kier alpha value is -3.43. The molecule has 0 radical (unpaired) electrons. The van der Waals surface area contributed by atoms with Crippen molar-refractivity contribution in [3.8, 4) is 12.1 Å². The molecule has 1 heterocycles. The van der Waals surface area contributed by atoms with Crippen LogP contribution in [0.15, 0.2) is 73.1 Å². The van der Waals surface area contributed by atoms with Crippen molar-refractivity contribution < 1.29 is 0 Å². The van der Waals surface area contributed by atoms with Crippen molar-refractivity contribution in [1.29, 1.82) is 10.5 Å². The Morgan fingerprint density at radius 3 is 1.96 bits per heavy atom. The van der Waals surface area contributed by atoms with Gasteiger partial charge >= 0.3 is 0 Å². The first-order valence-corrected chi connectivity index (χ1v) is 7.69. The highest BCUT2D eigenvalue weighted by Crippen LogP contribution is 2.28. The third-order valence-electron chi connectivity index (χ3n) is 4.05. The molecule has 3 rings (SSSR count). The quantitative estimate of drug-likeness (QED) is 0.725. The number of nitriles is 2. The van der Waals surface area contributed by atoms with E-state index in [1.165, 1.54) is 0 Å². The van der Waals surface area contributed by atoms with Crippen LogP contribution in [0.1, 0.15) is 33.7 Å². The average Bonchev–Trinajstić information content (AvgIpc) is 2.67. The fourth-order valence-electron chi connectivity index (χ4n) is 2.75. The Morgan fingerprint density at radius 1 is 0.792 bits per heavy atom. The molecule has 1 aromatic heterocycles. The highest BCUT2D eigenvalue weighted by molar-refractivity contribution is 5.39. The summed E-state index contributed by atoms with van der Waals surface area (Å²) in [4.78, 5) is 4.24. The second-order valence-electron chi connectivity index (χ2n) is 5.59. The molecule has 0 aliphatic rings. The zero-order valence-corrected chi connectivity index (χ0v) is 13.1. The largest absolute Gasteiger partial charge is 0.264 e. The summed E-state index contributed by atoms with van der Waals surface area (Å²) in [5.74, 6) is 0.152. The zero-order chi connectivity index (χ0) is 16.8. The maximum atomic E-state index is 8.98. The summed E-state index contributed by atoms with van der Waals surface area (Å²) >= 11 is 0. The van der Waals surface area contributed by atoms with Gasteiger partial charge in [0.05, 0.1) is 23.3 Å². The van der Waals surface area contributed by atoms with Crippen molar-refractivity contribution in [2.45, 2.75) is 12.3 Å². The molecule has 0 aliphatic heterocycles. The van der Waals surface area contributed by atoms with E-state index in [9.17, 15) is 0 Å². The van der Waals surface area contributed by atoms with E-state index >= 15 is 0 Å². The molecule has 3 nitrogen and oxygen atoms in total. The lowest BCUT2D eigenvalue weighted by Gasteiger charge is -2.18. The molecule has 24 heavy (non-hydrogen) atoms. The van der Waals surface area contributed by atoms with Crippen LogP contribution in [0.4, 0.5) is 0 Å². The molecule has 0 N–H and O–H groups in total. The van der Waals surface area contributed by atoms with Gasteiger partial charge in [-0.15, -0.1) is 0 Å². The van der Waals surface area contributed by atoms with Crippen molar-refractivity contribution in [1.82, 2.24) is 4.98 Å². The van der Waals surface area contributed by atoms with Gasteiger partial charge in [0, 0.05) is 18.3 Å². The molecule has 1 unspecified atom stereocenters. The van der Waals surface area contributed by atoms with Crippen LogP contribution in [0, 0.1) is 22.7 Å². The van der Waals surface area contributed by atoms with E-state index in [2.05, 4.69) is 23.2 Å². The van der Waals surface area contributed by atoms with Crippen LogP contribution >= 0.6 is 0 Å². The summed E-state index contributed by atoms with van der Waals surface area (Å²) in [5, 5.41) is 17.9. The Kier molecular flexibility index (Phi) is 4.65. The monoisotopic (exact) mass is 309 g/mol. The molecule has 0 saturated heterocycles. The summed E-state index contributed by atoms with van der Waals surface area (Å²) < 4.78 is 0. The highest BCUT2D eigenvalue weighted by atomic mass is 14.6. The number of hydrogen-bond acceptors (Lipinski definition) is 3. The van der Waals surface area contributed by atoms with Crippen molar-refractivity contribution in [2.24, 2.45) is 0 Å². The lowest BCUT2D eigenvalue weighted by molar-refractivity contribution is 0.799. The number of pyridine rings is 1. The second kappa shape index (κ2) is 7.22. The number of hydrogen-bond donors (Lipinski definition) is 0. The molecule has 0 amide bonds. The van der Waals surface area contributed by atoms with Crippen molar-refractivity contribution >= 4 is 0 Å². The maximum absolute atomic E-state index is 8.98. The van der Waals surface area contributed by atoms with E-state index in [0.717, 1.165) is 23.1 Å². The average molecular weight is 309 g/mol. The van der Waals surface area contributed by atoms with Crippen molar-refractivity contribution in [2.75, 3.05) is 0 Å². The molecule has 1 atom stereocenters. The Bertz CT molecular complexity index is 883. The van der Waals surface area contributed by atoms with Crippen LogP contribution < -0.4 is 0 Å². The predicted molar refractivity (Wildman–Crippen MR) is 92.1 cm³/mol. The fourth-order valence-corrected chi connectivity index (χ4v) is 2.75. The van der Waals surface area contributed by atoms with Crippen molar-refractivity contribution in [3.05, 3.63) is 101 Å². The van der Waals surface area contributed by atoms with Gasteiger partial charge in [-0.25, -0.2) is 0 Å². The van der Waals surface area contributed by atoms with Gasteiger partial charge in [-0.3, -0.25) is 4.98 Å². The Labute approximate surface area is 141 Å². The first-order valence-electron chi connectivity index (χ1n) is 7.69. The van der Waals surface area contributed by atoms with Crippen LogP contribution in [0.5, 0.6) is 0 Å². The first-order chi connectivity index (χ1) is 11.8. The minimum absolute atomic E-state index is 0.152. The van der Waals surface area contributed by atoms with E-state index in [1.54, 1.807) is 6.20 Å². The van der Waals surface area contributed by atoms with Gasteiger partial charge in [-0.1, -0.05) is 30.3 Å². The Morgan fingerprint density at radius 2 is 1.42 bits per heavy atom. The van der Waals surface area contributed by atoms with Crippen LogP contribution in [0.3, 0.4) is 0 Å². The van der Waals surface area contributed by atoms with Gasteiger partial charge in [0.15, 0.2) is 0 Å². The third kappa shape index (κ3) is 3.48. The minimum Gasteiger partial charge on any atom is -0.264 e. The second-order valence-corrected chi connectivity index (χ2v) is 5.59. The summed E-state index contributed by atoms with van der Waals surface area (Å²) in [5.41, 5.74) is 4.75. The van der Waals surface area contributed by atoms with E-state index < -0.39 is 0 Å². The molecule has 0 aliphatic carbocycles. The Balaban J connectivity index is 1.95. The van der Waals surface area contributed by atoms with E-state index in [0.29, 0.717) is 11.1 Å². The van der Waals surface area contributed by atoms with Crippen LogP contribution in [-0.2, 0) is 6.42 Å². The van der Waals surface area contributed by atoms with Gasteiger partial charge in [-0.05, 0) is 53.4 Å². The van der Waals surface area contributed by atoms with Crippen LogP contribution in [0.25, 0.3) is 0 Å². The number of benzene rings is 2. The van der Waals surface area contributed by atoms with Gasteiger partial charge in [-0.2, -0.15) is 10.5 Å². The summed E-state index contributed by atoms with van der Waals surface area (Å²) in [6.07, 6.45) is 4.46. The molecule has 0 fully saturated rings. The molecular weight excluding hydrogens is 294 g/mol. The van der Waals surface area contributed by atoms with Gasteiger partial charge in [0.1, 0.15) is 0 Å². The normalized spacial score (nSPS) is 11.2. The van der Waals surface area contributed by atoms with Crippen molar-refractivity contribution in [3.63, 3.8) is 0 Å². The molecule has 0 bridgehead atoms. The zero-order valence-electron chi connectivity index (χ0n) is 13.1. The first kappa shape index (κ1) is 15.5. The van der Waals surface area contributed by atoms with Crippen LogP contribution in [0.2, 0.25) is 0 Å².